The third-order valence-corrected chi connectivity index (χ3v) is 3.29. The maximum Gasteiger partial charge on any atom is 0.138 e. The van der Waals surface area contributed by atoms with Gasteiger partial charge in [0.25, 0.3) is 0 Å². The summed E-state index contributed by atoms with van der Waals surface area (Å²) in [5.74, 6) is 0.525. The molecule has 1 rings (SSSR count). The third-order valence-electron chi connectivity index (χ3n) is 1.65. The molecule has 16 heavy (non-hydrogen) atoms. The maximum atomic E-state index is 8.62. The molecule has 1 aromatic carbocycles. The van der Waals surface area contributed by atoms with E-state index in [1.807, 2.05) is 29.0 Å². The zero-order chi connectivity index (χ0) is 11.8. The fourth-order valence-corrected chi connectivity index (χ4v) is 2.15. The Balaban J connectivity index is 2.81. The summed E-state index contributed by atoms with van der Waals surface area (Å²) in [5.41, 5.74) is 0.973. The molecule has 0 heterocycles. The summed E-state index contributed by atoms with van der Waals surface area (Å²) in [6.07, 6.45) is 1.88. The average molecular weight is 267 g/mol. The Morgan fingerprint density at radius 1 is 1.25 bits per heavy atom. The van der Waals surface area contributed by atoms with Gasteiger partial charge in [0.15, 0.2) is 0 Å². The number of thioether (sulfide) groups is 2. The molecule has 0 aliphatic rings. The summed E-state index contributed by atoms with van der Waals surface area (Å²) in [6, 6.07) is 7.33. The van der Waals surface area contributed by atoms with Gasteiger partial charge in [-0.3, -0.25) is 0 Å². The van der Waals surface area contributed by atoms with Gasteiger partial charge in [-0.25, -0.2) is 0 Å². The van der Waals surface area contributed by atoms with Crippen molar-refractivity contribution in [3.63, 3.8) is 0 Å². The monoisotopic (exact) mass is 266 g/mol. The van der Waals surface area contributed by atoms with E-state index in [2.05, 4.69) is 0 Å². The molecule has 0 N–H and O–H groups in total. The number of hydrogen-bond donors (Lipinski definition) is 0. The van der Waals surface area contributed by atoms with Crippen molar-refractivity contribution < 1.29 is 0 Å². The van der Waals surface area contributed by atoms with E-state index < -0.39 is 0 Å². The van der Waals surface area contributed by atoms with Gasteiger partial charge in [0.1, 0.15) is 10.8 Å². The van der Waals surface area contributed by atoms with Gasteiger partial charge in [-0.1, -0.05) is 23.7 Å². The highest BCUT2D eigenvalue weighted by Crippen LogP contribution is 2.22. The van der Waals surface area contributed by atoms with Crippen LogP contribution in [-0.2, 0) is 0 Å². The largest absolute Gasteiger partial charge is 0.185 e. The van der Waals surface area contributed by atoms with Gasteiger partial charge in [-0.15, -0.1) is 0 Å². The minimum Gasteiger partial charge on any atom is -0.185 e. The first kappa shape index (κ1) is 13.0. The van der Waals surface area contributed by atoms with Crippen LogP contribution in [0.15, 0.2) is 29.2 Å². The van der Waals surface area contributed by atoms with Crippen LogP contribution in [0.3, 0.4) is 0 Å². The molecular formula is C11H7ClN2S2. The molecule has 0 atom stereocenters. The van der Waals surface area contributed by atoms with Crippen LogP contribution in [0.25, 0.3) is 6.08 Å². The Morgan fingerprint density at radius 3 is 2.50 bits per heavy atom. The Hall–Kier alpha value is -1.07. The van der Waals surface area contributed by atoms with Crippen molar-refractivity contribution in [3.05, 3.63) is 39.8 Å². The van der Waals surface area contributed by atoms with Crippen molar-refractivity contribution in [3.8, 4) is 10.8 Å². The summed E-state index contributed by atoms with van der Waals surface area (Å²) in [7, 11) is 0. The summed E-state index contributed by atoms with van der Waals surface area (Å²) < 4.78 is 0. The van der Waals surface area contributed by atoms with Crippen LogP contribution < -0.4 is 0 Å². The lowest BCUT2D eigenvalue weighted by Gasteiger charge is -1.99. The van der Waals surface area contributed by atoms with Gasteiger partial charge in [-0.2, -0.15) is 10.5 Å². The molecular weight excluding hydrogens is 260 g/mol. The van der Waals surface area contributed by atoms with Crippen molar-refractivity contribution in [2.45, 2.75) is 0 Å². The minimum atomic E-state index is 0.525. The molecule has 0 fully saturated rings. The molecule has 0 aliphatic heterocycles. The second-order valence-corrected chi connectivity index (χ2v) is 4.84. The number of rotatable bonds is 4. The van der Waals surface area contributed by atoms with Crippen LogP contribution in [0.5, 0.6) is 0 Å². The Bertz CT molecular complexity index is 454. The van der Waals surface area contributed by atoms with E-state index in [0.29, 0.717) is 10.8 Å². The zero-order valence-corrected chi connectivity index (χ0v) is 10.6. The van der Waals surface area contributed by atoms with E-state index in [4.69, 9.17) is 22.1 Å². The van der Waals surface area contributed by atoms with Crippen LogP contribution in [0, 0.1) is 21.3 Å². The fourth-order valence-electron chi connectivity index (χ4n) is 1.01. The standard InChI is InChI=1S/C11H7ClN2S2/c12-10-3-1-9(2-4-10)5-11(16-8-14)6-15-7-13/h1-5H,6H2/b11-5+. The molecule has 0 spiro atoms. The van der Waals surface area contributed by atoms with Crippen molar-refractivity contribution in [1.29, 1.82) is 10.5 Å². The topological polar surface area (TPSA) is 47.6 Å². The number of halogens is 1. The summed E-state index contributed by atoms with van der Waals surface area (Å²) in [6.45, 7) is 0. The van der Waals surface area contributed by atoms with Crippen LogP contribution in [0.2, 0.25) is 5.02 Å². The number of nitrogens with zero attached hydrogens (tertiary/aromatic N) is 2. The van der Waals surface area contributed by atoms with Gasteiger partial charge >= 0.3 is 0 Å². The molecule has 0 saturated heterocycles. The second-order valence-electron chi connectivity index (χ2n) is 2.74. The fraction of sp³-hybridized carbons (Fsp3) is 0.0909. The van der Waals surface area contributed by atoms with Gasteiger partial charge in [0.05, 0.1) is 0 Å². The smallest absolute Gasteiger partial charge is 0.138 e. The highest BCUT2D eigenvalue weighted by molar-refractivity contribution is 8.10. The molecule has 1 aromatic rings. The van der Waals surface area contributed by atoms with Crippen LogP contribution in [0.1, 0.15) is 5.56 Å². The lowest BCUT2D eigenvalue weighted by Crippen LogP contribution is -1.81. The van der Waals surface area contributed by atoms with E-state index in [1.165, 1.54) is 0 Å². The third kappa shape index (κ3) is 4.63. The molecule has 2 nitrogen and oxygen atoms in total. The van der Waals surface area contributed by atoms with Crippen LogP contribution in [0.4, 0.5) is 0 Å². The minimum absolute atomic E-state index is 0.525. The molecule has 5 heteroatoms. The molecule has 0 radical (unpaired) electrons. The first-order chi connectivity index (χ1) is 7.76. The lowest BCUT2D eigenvalue weighted by atomic mass is 10.2. The average Bonchev–Trinajstić information content (AvgIpc) is 2.29. The summed E-state index contributed by atoms with van der Waals surface area (Å²) >= 11 is 7.96. The lowest BCUT2D eigenvalue weighted by molar-refractivity contribution is 1.56. The second kappa shape index (κ2) is 7.24. The molecule has 0 amide bonds. The van der Waals surface area contributed by atoms with E-state index in [9.17, 15) is 0 Å². The maximum absolute atomic E-state index is 8.62. The van der Waals surface area contributed by atoms with Gasteiger partial charge in [0, 0.05) is 15.7 Å². The van der Waals surface area contributed by atoms with Crippen molar-refractivity contribution in [1.82, 2.24) is 0 Å². The van der Waals surface area contributed by atoms with E-state index >= 15 is 0 Å². The van der Waals surface area contributed by atoms with Crippen LogP contribution >= 0.6 is 35.1 Å². The van der Waals surface area contributed by atoms with Crippen molar-refractivity contribution in [2.24, 2.45) is 0 Å². The SMILES string of the molecule is N#CSC/C(=C\c1ccc(Cl)cc1)SC#N. The van der Waals surface area contributed by atoms with Gasteiger partial charge < -0.3 is 0 Å². The molecule has 0 aromatic heterocycles. The number of thiocyanates is 2. The first-order valence-corrected chi connectivity index (χ1v) is 6.47. The van der Waals surface area contributed by atoms with Crippen molar-refractivity contribution in [2.75, 3.05) is 5.75 Å². The quantitative estimate of drug-likeness (QED) is 0.770. The van der Waals surface area contributed by atoms with Crippen molar-refractivity contribution >= 4 is 41.2 Å². The number of nitriles is 2. The van der Waals surface area contributed by atoms with Gasteiger partial charge in [-0.05, 0) is 47.3 Å². The Labute approximate surface area is 108 Å². The predicted octanol–water partition coefficient (Wildman–Crippen LogP) is 4.11. The van der Waals surface area contributed by atoms with Gasteiger partial charge in [0.2, 0.25) is 0 Å². The molecule has 80 valence electrons. The first-order valence-electron chi connectivity index (χ1n) is 4.29. The molecule has 0 aliphatic carbocycles. The highest BCUT2D eigenvalue weighted by Gasteiger charge is 1.99. The number of benzene rings is 1. The van der Waals surface area contributed by atoms with E-state index in [0.717, 1.165) is 34.0 Å². The predicted molar refractivity (Wildman–Crippen MR) is 70.7 cm³/mol. The Kier molecular flexibility index (Phi) is 5.88. The molecule has 0 unspecified atom stereocenters. The van der Waals surface area contributed by atoms with Crippen LogP contribution in [-0.4, -0.2) is 5.75 Å². The summed E-state index contributed by atoms with van der Waals surface area (Å²) in [5, 5.41) is 21.7. The normalized spacial score (nSPS) is 10.6. The summed E-state index contributed by atoms with van der Waals surface area (Å²) in [4.78, 5) is 0.858. The van der Waals surface area contributed by atoms with E-state index in [1.54, 1.807) is 12.1 Å². The number of hydrogen-bond acceptors (Lipinski definition) is 4. The molecule has 0 saturated carbocycles. The Morgan fingerprint density at radius 2 is 1.94 bits per heavy atom. The molecule has 0 bridgehead atoms. The zero-order valence-electron chi connectivity index (χ0n) is 8.18. The highest BCUT2D eigenvalue weighted by atomic mass is 35.5. The van der Waals surface area contributed by atoms with E-state index in [-0.39, 0.29) is 0 Å².